The van der Waals surface area contributed by atoms with Crippen LogP contribution in [0.2, 0.25) is 0 Å². The molecular weight excluding hydrogens is 306 g/mol. The smallest absolute Gasteiger partial charge is 0.0611 e. The average Bonchev–Trinajstić information content (AvgIpc) is 3.04. The van der Waals surface area contributed by atoms with Crippen molar-refractivity contribution in [3.63, 3.8) is 0 Å². The second-order valence-corrected chi connectivity index (χ2v) is 8.45. The van der Waals surface area contributed by atoms with Crippen molar-refractivity contribution in [2.75, 3.05) is 6.61 Å². The van der Waals surface area contributed by atoms with Crippen LogP contribution in [-0.4, -0.2) is 17.3 Å². The monoisotopic (exact) mass is 341 g/mol. The van der Waals surface area contributed by atoms with Crippen LogP contribution in [0.3, 0.4) is 0 Å². The van der Waals surface area contributed by atoms with Gasteiger partial charge in [0.2, 0.25) is 0 Å². The molecule has 1 saturated carbocycles. The minimum absolute atomic E-state index is 0.115. The summed E-state index contributed by atoms with van der Waals surface area (Å²) in [6, 6.07) is 7.17. The quantitative estimate of drug-likeness (QED) is 0.548. The Morgan fingerprint density at radius 2 is 2.12 bits per heavy atom. The van der Waals surface area contributed by atoms with Crippen LogP contribution < -0.4 is 5.73 Å². The molecule has 0 saturated heterocycles. The molecule has 0 heterocycles. The predicted molar refractivity (Wildman–Crippen MR) is 106 cm³/mol. The van der Waals surface area contributed by atoms with Crippen molar-refractivity contribution in [3.8, 4) is 0 Å². The molecule has 0 aromatic heterocycles. The van der Waals surface area contributed by atoms with E-state index in [0.717, 1.165) is 25.2 Å². The second kappa shape index (κ2) is 8.51. The fraction of sp³-hybridized carbons (Fsp3) is 0.652. The number of aliphatic hydroxyl groups excluding tert-OH is 1. The highest BCUT2D eigenvalue weighted by atomic mass is 16.3. The zero-order valence-electron chi connectivity index (χ0n) is 15.8. The highest BCUT2D eigenvalue weighted by Crippen LogP contribution is 2.40. The van der Waals surface area contributed by atoms with Crippen molar-refractivity contribution in [1.82, 2.24) is 0 Å². The summed E-state index contributed by atoms with van der Waals surface area (Å²) in [5.41, 5.74) is 10.5. The van der Waals surface area contributed by atoms with Gasteiger partial charge in [-0.25, -0.2) is 0 Å². The third-order valence-electron chi connectivity index (χ3n) is 6.46. The first-order valence-corrected chi connectivity index (χ1v) is 10.3. The molecule has 138 valence electrons. The molecule has 2 aliphatic carbocycles. The zero-order valence-corrected chi connectivity index (χ0v) is 15.8. The molecule has 3 N–H and O–H groups in total. The first-order valence-electron chi connectivity index (χ1n) is 10.3. The summed E-state index contributed by atoms with van der Waals surface area (Å²) in [7, 11) is 0. The van der Waals surface area contributed by atoms with Crippen LogP contribution in [-0.2, 0) is 12.8 Å². The number of fused-ring (bicyclic) bond motifs is 1. The maximum Gasteiger partial charge on any atom is 0.0611 e. The summed E-state index contributed by atoms with van der Waals surface area (Å²) in [5.74, 6) is 1.41. The number of hydrogen-bond donors (Lipinski definition) is 2. The van der Waals surface area contributed by atoms with Crippen molar-refractivity contribution < 1.29 is 5.11 Å². The van der Waals surface area contributed by atoms with Crippen LogP contribution in [0.15, 0.2) is 30.4 Å². The third-order valence-corrected chi connectivity index (χ3v) is 6.46. The van der Waals surface area contributed by atoms with Gasteiger partial charge in [-0.2, -0.15) is 0 Å². The Hall–Kier alpha value is -1.12. The molecule has 2 aliphatic rings. The molecule has 3 atom stereocenters. The number of hydrogen-bond acceptors (Lipinski definition) is 2. The first-order chi connectivity index (χ1) is 12.1. The lowest BCUT2D eigenvalue weighted by Gasteiger charge is -2.26. The van der Waals surface area contributed by atoms with Crippen LogP contribution in [0.5, 0.6) is 0 Å². The third kappa shape index (κ3) is 4.74. The summed E-state index contributed by atoms with van der Waals surface area (Å²) < 4.78 is 0. The lowest BCUT2D eigenvalue weighted by atomic mass is 9.79. The van der Waals surface area contributed by atoms with E-state index in [2.05, 4.69) is 37.3 Å². The molecule has 2 heteroatoms. The summed E-state index contributed by atoms with van der Waals surface area (Å²) in [5, 5.41) is 9.50. The maximum absolute atomic E-state index is 9.50. The van der Waals surface area contributed by atoms with Crippen LogP contribution in [0, 0.1) is 5.92 Å². The lowest BCUT2D eigenvalue weighted by molar-refractivity contribution is 0.198. The lowest BCUT2D eigenvalue weighted by Crippen LogP contribution is -2.40. The Morgan fingerprint density at radius 1 is 1.24 bits per heavy atom. The van der Waals surface area contributed by atoms with Gasteiger partial charge in [0.25, 0.3) is 0 Å². The molecule has 1 aromatic carbocycles. The number of allylic oxidation sites excluding steroid dienone is 2. The Bertz CT molecular complexity index is 594. The van der Waals surface area contributed by atoms with Crippen molar-refractivity contribution >= 4 is 0 Å². The number of unbranched alkanes of at least 4 members (excludes halogenated alkanes) is 2. The van der Waals surface area contributed by atoms with E-state index in [4.69, 9.17) is 5.73 Å². The van der Waals surface area contributed by atoms with E-state index in [0.29, 0.717) is 5.92 Å². The number of benzene rings is 1. The van der Waals surface area contributed by atoms with E-state index in [1.165, 1.54) is 50.5 Å². The molecule has 1 fully saturated rings. The van der Waals surface area contributed by atoms with Crippen molar-refractivity contribution in [1.29, 1.82) is 0 Å². The summed E-state index contributed by atoms with van der Waals surface area (Å²) in [6.45, 7) is 2.22. The number of rotatable bonds is 7. The maximum atomic E-state index is 9.50. The van der Waals surface area contributed by atoms with Crippen molar-refractivity contribution in [3.05, 3.63) is 47.0 Å². The Balaban J connectivity index is 1.55. The number of aryl methyl sites for hydroxylation is 1. The van der Waals surface area contributed by atoms with Crippen LogP contribution >= 0.6 is 0 Å². The van der Waals surface area contributed by atoms with Crippen LogP contribution in [0.1, 0.15) is 80.9 Å². The first kappa shape index (κ1) is 18.7. The zero-order chi connectivity index (χ0) is 17.7. The van der Waals surface area contributed by atoms with Gasteiger partial charge in [0, 0.05) is 5.54 Å². The molecule has 0 amide bonds. The van der Waals surface area contributed by atoms with Gasteiger partial charge in [-0.05, 0) is 86.8 Å². The summed E-state index contributed by atoms with van der Waals surface area (Å²) in [6.07, 6.45) is 16.6. The van der Waals surface area contributed by atoms with Gasteiger partial charge in [0.15, 0.2) is 0 Å². The normalized spacial score (nSPS) is 29.2. The molecule has 0 spiro atoms. The van der Waals surface area contributed by atoms with Crippen LogP contribution in [0.25, 0.3) is 0 Å². The molecule has 1 aromatic rings. The highest BCUT2D eigenvalue weighted by Gasteiger charge is 2.36. The summed E-state index contributed by atoms with van der Waals surface area (Å²) in [4.78, 5) is 0. The van der Waals surface area contributed by atoms with Gasteiger partial charge < -0.3 is 10.8 Å². The molecule has 0 unspecified atom stereocenters. The largest absolute Gasteiger partial charge is 0.394 e. The fourth-order valence-electron chi connectivity index (χ4n) is 4.80. The molecule has 2 nitrogen and oxygen atoms in total. The van der Waals surface area contributed by atoms with Crippen molar-refractivity contribution in [2.24, 2.45) is 11.7 Å². The summed E-state index contributed by atoms with van der Waals surface area (Å²) >= 11 is 0. The Kier molecular flexibility index (Phi) is 6.35. The molecule has 0 aliphatic heterocycles. The van der Waals surface area contributed by atoms with Gasteiger partial charge >= 0.3 is 0 Å². The standard InChI is InChI=1S/C23H35NO/c1-2-3-4-5-6-7-18-8-9-20-15-21(11-10-19(20)14-18)22-12-13-23(24,16-22)17-25/h2-3,10-11,15,18,22,25H,4-9,12-14,16-17,24H2,1H3/b3-2-/t18-,22-,23+/m0/s1. The van der Waals surface area contributed by atoms with E-state index >= 15 is 0 Å². The van der Waals surface area contributed by atoms with Gasteiger partial charge in [-0.15, -0.1) is 0 Å². The molecule has 0 bridgehead atoms. The Morgan fingerprint density at radius 3 is 2.88 bits per heavy atom. The minimum atomic E-state index is -0.349. The minimum Gasteiger partial charge on any atom is -0.394 e. The van der Waals surface area contributed by atoms with Gasteiger partial charge in [-0.3, -0.25) is 0 Å². The predicted octanol–water partition coefficient (Wildman–Crippen LogP) is 4.89. The van der Waals surface area contributed by atoms with Gasteiger partial charge in [0.05, 0.1) is 6.61 Å². The highest BCUT2D eigenvalue weighted by molar-refractivity contribution is 5.36. The van der Waals surface area contributed by atoms with E-state index in [1.807, 2.05) is 0 Å². The van der Waals surface area contributed by atoms with E-state index < -0.39 is 0 Å². The van der Waals surface area contributed by atoms with Crippen LogP contribution in [0.4, 0.5) is 0 Å². The molecule has 0 radical (unpaired) electrons. The van der Waals surface area contributed by atoms with Crippen molar-refractivity contribution in [2.45, 2.75) is 82.6 Å². The topological polar surface area (TPSA) is 46.2 Å². The second-order valence-electron chi connectivity index (χ2n) is 8.45. The fourth-order valence-corrected chi connectivity index (χ4v) is 4.80. The molecule has 25 heavy (non-hydrogen) atoms. The molecule has 3 rings (SSSR count). The molecular formula is C23H35NO. The van der Waals surface area contributed by atoms with Gasteiger partial charge in [0.1, 0.15) is 0 Å². The van der Waals surface area contributed by atoms with E-state index in [1.54, 1.807) is 11.1 Å². The SMILES string of the molecule is C/C=C\CCCC[C@H]1CCc2cc([C@H]3CC[C@](N)(CO)C3)ccc2C1. The number of aliphatic hydroxyl groups is 1. The van der Waals surface area contributed by atoms with Gasteiger partial charge in [-0.1, -0.05) is 43.2 Å². The van der Waals surface area contributed by atoms with E-state index in [9.17, 15) is 5.11 Å². The number of nitrogens with two attached hydrogens (primary N) is 1. The average molecular weight is 342 g/mol. The van der Waals surface area contributed by atoms with E-state index in [-0.39, 0.29) is 12.1 Å². The Labute approximate surface area is 153 Å².